The van der Waals surface area contributed by atoms with E-state index in [1.54, 1.807) is 6.92 Å². The van der Waals surface area contributed by atoms with Gasteiger partial charge in [-0.2, -0.15) is 0 Å². The van der Waals surface area contributed by atoms with Gasteiger partial charge in [-0.05, 0) is 31.2 Å². The van der Waals surface area contributed by atoms with Gasteiger partial charge in [0.2, 0.25) is 0 Å². The highest BCUT2D eigenvalue weighted by Gasteiger charge is 2.30. The summed E-state index contributed by atoms with van der Waals surface area (Å²) in [5.41, 5.74) is 0.156. The number of hydrogen-bond acceptors (Lipinski definition) is 4. The minimum Gasteiger partial charge on any atom is -0.449 e. The maximum Gasteiger partial charge on any atom is 0.340 e. The minimum absolute atomic E-state index is 0.111. The van der Waals surface area contributed by atoms with Gasteiger partial charge in [-0.15, -0.1) is 0 Å². The summed E-state index contributed by atoms with van der Waals surface area (Å²) in [6.07, 6.45) is 3.61. The van der Waals surface area contributed by atoms with Gasteiger partial charge in [-0.3, -0.25) is 4.79 Å². The highest BCUT2D eigenvalue weighted by atomic mass is 35.5. The van der Waals surface area contributed by atoms with E-state index >= 15 is 0 Å². The molecule has 1 heterocycles. The Hall–Kier alpha value is -1.33. The summed E-state index contributed by atoms with van der Waals surface area (Å²) in [5.74, 6) is 0.0326. The van der Waals surface area contributed by atoms with Crippen molar-refractivity contribution >= 4 is 35.1 Å². The average molecular weight is 373 g/mol. The quantitative estimate of drug-likeness (QED) is 0.643. The number of amides is 1. The number of pyridine rings is 1. The molecule has 0 aliphatic heterocycles. The van der Waals surface area contributed by atoms with Gasteiger partial charge in [0.1, 0.15) is 5.15 Å². The molecule has 7 heteroatoms. The molecule has 1 aliphatic carbocycles. The number of aromatic nitrogens is 1. The van der Waals surface area contributed by atoms with Crippen LogP contribution >= 0.6 is 23.2 Å². The van der Waals surface area contributed by atoms with E-state index < -0.39 is 12.1 Å². The normalized spacial score (nSPS) is 25.0. The van der Waals surface area contributed by atoms with Crippen LogP contribution in [-0.2, 0) is 9.53 Å². The Labute approximate surface area is 152 Å². The lowest BCUT2D eigenvalue weighted by atomic mass is 9.78. The van der Waals surface area contributed by atoms with Crippen LogP contribution in [-0.4, -0.2) is 29.0 Å². The van der Waals surface area contributed by atoms with E-state index in [-0.39, 0.29) is 27.7 Å². The first-order valence-electron chi connectivity index (χ1n) is 8.12. The monoisotopic (exact) mass is 372 g/mol. The van der Waals surface area contributed by atoms with E-state index in [1.807, 2.05) is 0 Å². The third-order valence-electron chi connectivity index (χ3n) is 4.72. The topological polar surface area (TPSA) is 68.3 Å². The number of hydrogen-bond donors (Lipinski definition) is 1. The molecule has 1 aromatic rings. The van der Waals surface area contributed by atoms with Crippen molar-refractivity contribution in [1.29, 1.82) is 0 Å². The second-order valence-corrected chi connectivity index (χ2v) is 7.19. The molecule has 1 saturated carbocycles. The third kappa shape index (κ3) is 4.61. The summed E-state index contributed by atoms with van der Waals surface area (Å²) >= 11 is 11.6. The number of nitrogens with zero attached hydrogens (tertiary/aromatic N) is 1. The van der Waals surface area contributed by atoms with Crippen LogP contribution in [0.1, 0.15) is 50.4 Å². The molecule has 0 saturated heterocycles. The highest BCUT2D eigenvalue weighted by Crippen LogP contribution is 2.29. The van der Waals surface area contributed by atoms with Crippen LogP contribution in [0, 0.1) is 11.8 Å². The SMILES string of the molecule is C[C@@H]1[C@H](C)CCC[C@H]1NC(=O)[C@@H](C)OC(=O)c1cnc(Cl)c(Cl)c1. The number of halogens is 2. The largest absolute Gasteiger partial charge is 0.449 e. The number of esters is 1. The van der Waals surface area contributed by atoms with Gasteiger partial charge in [0, 0.05) is 12.2 Å². The second-order valence-electron chi connectivity index (χ2n) is 6.43. The van der Waals surface area contributed by atoms with Crippen LogP contribution in [0.5, 0.6) is 0 Å². The standard InChI is InChI=1S/C17H22Cl2N2O3/c1-9-5-4-6-14(10(9)2)21-16(22)11(3)24-17(23)12-7-13(18)15(19)20-8-12/h7-11,14H,4-6H2,1-3H3,(H,21,22)/t9-,10-,11-,14-/m1/s1. The molecule has 1 aliphatic rings. The zero-order chi connectivity index (χ0) is 17.9. The molecular weight excluding hydrogens is 351 g/mol. The van der Waals surface area contributed by atoms with Gasteiger partial charge in [0.15, 0.2) is 6.10 Å². The molecule has 0 radical (unpaired) electrons. The fourth-order valence-electron chi connectivity index (χ4n) is 2.90. The lowest BCUT2D eigenvalue weighted by molar-refractivity contribution is -0.130. The second kappa shape index (κ2) is 8.17. The Kier molecular flexibility index (Phi) is 6.47. The molecule has 5 nitrogen and oxygen atoms in total. The van der Waals surface area contributed by atoms with Crippen molar-refractivity contribution in [1.82, 2.24) is 10.3 Å². The first kappa shape index (κ1) is 19.0. The molecule has 0 aromatic carbocycles. The first-order valence-corrected chi connectivity index (χ1v) is 8.87. The Morgan fingerprint density at radius 3 is 2.71 bits per heavy atom. The lowest BCUT2D eigenvalue weighted by Crippen LogP contribution is -2.47. The maximum absolute atomic E-state index is 12.3. The fourth-order valence-corrected chi connectivity index (χ4v) is 3.17. The van der Waals surface area contributed by atoms with E-state index in [0.29, 0.717) is 11.8 Å². The van der Waals surface area contributed by atoms with E-state index in [9.17, 15) is 9.59 Å². The van der Waals surface area contributed by atoms with Crippen LogP contribution in [0.3, 0.4) is 0 Å². The average Bonchev–Trinajstić information content (AvgIpc) is 2.54. The zero-order valence-corrected chi connectivity index (χ0v) is 15.5. The maximum atomic E-state index is 12.3. The summed E-state index contributed by atoms with van der Waals surface area (Å²) in [6.45, 7) is 5.89. The summed E-state index contributed by atoms with van der Waals surface area (Å²) in [5, 5.41) is 3.27. The van der Waals surface area contributed by atoms with Crippen molar-refractivity contribution in [3.05, 3.63) is 28.0 Å². The van der Waals surface area contributed by atoms with Gasteiger partial charge < -0.3 is 10.1 Å². The van der Waals surface area contributed by atoms with Gasteiger partial charge in [0.25, 0.3) is 5.91 Å². The van der Waals surface area contributed by atoms with E-state index in [4.69, 9.17) is 27.9 Å². The van der Waals surface area contributed by atoms with E-state index in [2.05, 4.69) is 24.1 Å². The van der Waals surface area contributed by atoms with Crippen LogP contribution in [0.15, 0.2) is 12.3 Å². The smallest absolute Gasteiger partial charge is 0.340 e. The first-order chi connectivity index (χ1) is 11.3. The molecule has 1 N–H and O–H groups in total. The van der Waals surface area contributed by atoms with Crippen molar-refractivity contribution < 1.29 is 14.3 Å². The molecule has 2 rings (SSSR count). The molecule has 4 atom stereocenters. The Morgan fingerprint density at radius 1 is 1.33 bits per heavy atom. The van der Waals surface area contributed by atoms with Crippen molar-refractivity contribution in [2.24, 2.45) is 11.8 Å². The lowest BCUT2D eigenvalue weighted by Gasteiger charge is -2.35. The van der Waals surface area contributed by atoms with Gasteiger partial charge in [-0.1, -0.05) is 49.9 Å². The van der Waals surface area contributed by atoms with E-state index in [0.717, 1.165) is 12.8 Å². The molecular formula is C17H22Cl2N2O3. The van der Waals surface area contributed by atoms with Crippen LogP contribution in [0.4, 0.5) is 0 Å². The predicted molar refractivity (Wildman–Crippen MR) is 93.2 cm³/mol. The fraction of sp³-hybridized carbons (Fsp3) is 0.588. The number of rotatable bonds is 4. The van der Waals surface area contributed by atoms with E-state index in [1.165, 1.54) is 18.7 Å². The summed E-state index contributed by atoms with van der Waals surface area (Å²) in [6, 6.07) is 1.49. The van der Waals surface area contributed by atoms with Crippen LogP contribution in [0.25, 0.3) is 0 Å². The summed E-state index contributed by atoms with van der Waals surface area (Å²) in [4.78, 5) is 28.2. The summed E-state index contributed by atoms with van der Waals surface area (Å²) in [7, 11) is 0. The van der Waals surface area contributed by atoms with Gasteiger partial charge in [-0.25, -0.2) is 9.78 Å². The number of nitrogens with one attached hydrogen (secondary N) is 1. The number of carbonyl (C=O) groups is 2. The highest BCUT2D eigenvalue weighted by molar-refractivity contribution is 6.41. The summed E-state index contributed by atoms with van der Waals surface area (Å²) < 4.78 is 5.20. The van der Waals surface area contributed by atoms with Crippen molar-refractivity contribution in [2.75, 3.05) is 0 Å². The minimum atomic E-state index is -0.892. The van der Waals surface area contributed by atoms with Gasteiger partial charge >= 0.3 is 5.97 Å². The molecule has 0 spiro atoms. The zero-order valence-electron chi connectivity index (χ0n) is 14.0. The molecule has 1 amide bonds. The Balaban J connectivity index is 1.93. The molecule has 0 unspecified atom stereocenters. The molecule has 132 valence electrons. The molecule has 0 bridgehead atoms. The Bertz CT molecular complexity index is 624. The van der Waals surface area contributed by atoms with Crippen molar-refractivity contribution in [3.63, 3.8) is 0 Å². The third-order valence-corrected chi connectivity index (χ3v) is 5.41. The Morgan fingerprint density at radius 2 is 2.04 bits per heavy atom. The van der Waals surface area contributed by atoms with Crippen molar-refractivity contribution in [2.45, 2.75) is 52.2 Å². The number of carbonyl (C=O) groups excluding carboxylic acids is 2. The van der Waals surface area contributed by atoms with Crippen molar-refractivity contribution in [3.8, 4) is 0 Å². The van der Waals surface area contributed by atoms with Crippen LogP contribution in [0.2, 0.25) is 10.2 Å². The molecule has 1 fully saturated rings. The van der Waals surface area contributed by atoms with Gasteiger partial charge in [0.05, 0.1) is 10.6 Å². The molecule has 1 aromatic heterocycles. The predicted octanol–water partition coefficient (Wildman–Crippen LogP) is 3.87. The number of ether oxygens (including phenoxy) is 1. The van der Waals surface area contributed by atoms with Crippen LogP contribution < -0.4 is 5.32 Å². The molecule has 24 heavy (non-hydrogen) atoms.